The van der Waals surface area contributed by atoms with Gasteiger partial charge in [-0.15, -0.1) is 0 Å². The molecule has 8 nitrogen and oxygen atoms in total. The highest BCUT2D eigenvalue weighted by Crippen LogP contribution is 2.23. The van der Waals surface area contributed by atoms with Gasteiger partial charge in [-0.05, 0) is 32.7 Å². The third-order valence-electron chi connectivity index (χ3n) is 5.23. The topological polar surface area (TPSA) is 90.7 Å². The van der Waals surface area contributed by atoms with Gasteiger partial charge in [0, 0.05) is 38.3 Å². The molecule has 2 N–H and O–H groups in total. The van der Waals surface area contributed by atoms with E-state index in [1.807, 2.05) is 0 Å². The molecule has 1 atom stereocenters. The smallest absolute Gasteiger partial charge is 0.255 e. The van der Waals surface area contributed by atoms with E-state index in [1.165, 1.54) is 10.9 Å². The van der Waals surface area contributed by atoms with Gasteiger partial charge in [0.2, 0.25) is 6.41 Å². The molecule has 2 fully saturated rings. The minimum atomic E-state index is -0.966. The Balaban J connectivity index is 1.72. The zero-order valence-electron chi connectivity index (χ0n) is 14.7. The van der Waals surface area contributed by atoms with Crippen molar-refractivity contribution in [2.75, 3.05) is 37.6 Å². The Morgan fingerprint density at radius 1 is 1.40 bits per heavy atom. The third-order valence-corrected chi connectivity index (χ3v) is 5.23. The first kappa shape index (κ1) is 17.9. The molecule has 0 saturated carbocycles. The summed E-state index contributed by atoms with van der Waals surface area (Å²) in [5, 5.41) is 14.1. The van der Waals surface area contributed by atoms with Gasteiger partial charge in [0.1, 0.15) is 5.82 Å². The van der Waals surface area contributed by atoms with Crippen LogP contribution in [-0.4, -0.2) is 70.3 Å². The van der Waals surface area contributed by atoms with Crippen LogP contribution in [0.1, 0.15) is 26.2 Å². The number of nitrogens with zero attached hydrogens (tertiary/aromatic N) is 4. The maximum Gasteiger partial charge on any atom is 0.255 e. The first-order valence-corrected chi connectivity index (χ1v) is 8.96. The first-order chi connectivity index (χ1) is 12.0. The molecule has 138 valence electrons. The molecule has 0 unspecified atom stereocenters. The molecule has 0 radical (unpaired) electrons. The molecule has 1 aromatic heterocycles. The minimum absolute atomic E-state index is 0.152. The fraction of sp³-hybridized carbons (Fsp3) is 0.706. The number of piperidine rings is 1. The van der Waals surface area contributed by atoms with Crippen LogP contribution in [0.15, 0.2) is 17.2 Å². The Labute approximate surface area is 147 Å². The van der Waals surface area contributed by atoms with E-state index >= 15 is 0 Å². The minimum Gasteiger partial charge on any atom is -0.388 e. The summed E-state index contributed by atoms with van der Waals surface area (Å²) in [7, 11) is 0. The van der Waals surface area contributed by atoms with E-state index in [-0.39, 0.29) is 18.1 Å². The van der Waals surface area contributed by atoms with Gasteiger partial charge in [-0.3, -0.25) is 14.2 Å². The third kappa shape index (κ3) is 4.19. The lowest BCUT2D eigenvalue weighted by Gasteiger charge is -2.36. The van der Waals surface area contributed by atoms with Gasteiger partial charge in [-0.25, -0.2) is 4.98 Å². The van der Waals surface area contributed by atoms with Crippen molar-refractivity contribution in [2.24, 2.45) is 0 Å². The Morgan fingerprint density at radius 3 is 2.84 bits per heavy atom. The maximum atomic E-state index is 12.5. The van der Waals surface area contributed by atoms with Crippen LogP contribution in [-0.2, 0) is 11.3 Å². The number of aromatic nitrogens is 2. The first-order valence-electron chi connectivity index (χ1n) is 8.96. The number of anilines is 1. The fourth-order valence-corrected chi connectivity index (χ4v) is 3.57. The monoisotopic (exact) mass is 349 g/mol. The molecule has 1 amide bonds. The molecule has 2 aliphatic heterocycles. The Hall–Kier alpha value is -1.93. The zero-order chi connectivity index (χ0) is 17.9. The summed E-state index contributed by atoms with van der Waals surface area (Å²) in [6.45, 7) is 6.08. The predicted octanol–water partition coefficient (Wildman–Crippen LogP) is -0.585. The van der Waals surface area contributed by atoms with Gasteiger partial charge < -0.3 is 20.2 Å². The van der Waals surface area contributed by atoms with Crippen LogP contribution in [0.5, 0.6) is 0 Å². The summed E-state index contributed by atoms with van der Waals surface area (Å²) in [5.74, 6) is 0.695. The maximum absolute atomic E-state index is 12.5. The number of likely N-dealkylation sites (tertiary alicyclic amines) is 1. The SMILES string of the molecule is C[C@@H]1CNCCCN1c1cc(=O)n(CC2(O)CCN(C=O)CC2)cn1. The van der Waals surface area contributed by atoms with Crippen molar-refractivity contribution in [3.63, 3.8) is 0 Å². The van der Waals surface area contributed by atoms with Gasteiger partial charge in [0.15, 0.2) is 0 Å². The van der Waals surface area contributed by atoms with Crippen LogP contribution < -0.4 is 15.8 Å². The summed E-state index contributed by atoms with van der Waals surface area (Å²) < 4.78 is 1.47. The second-order valence-corrected chi connectivity index (χ2v) is 7.18. The zero-order valence-corrected chi connectivity index (χ0v) is 14.7. The second kappa shape index (κ2) is 7.53. The molecule has 0 spiro atoms. The van der Waals surface area contributed by atoms with Crippen molar-refractivity contribution in [2.45, 2.75) is 44.4 Å². The molecule has 2 saturated heterocycles. The molecule has 0 aliphatic carbocycles. The number of hydrogen-bond acceptors (Lipinski definition) is 6. The van der Waals surface area contributed by atoms with Crippen molar-refractivity contribution in [1.82, 2.24) is 19.8 Å². The van der Waals surface area contributed by atoms with E-state index in [0.717, 1.165) is 32.5 Å². The van der Waals surface area contributed by atoms with Crippen molar-refractivity contribution in [1.29, 1.82) is 0 Å². The van der Waals surface area contributed by atoms with E-state index in [9.17, 15) is 14.7 Å². The number of nitrogens with one attached hydrogen (secondary N) is 1. The molecule has 1 aromatic rings. The molecular formula is C17H27N5O3. The summed E-state index contributed by atoms with van der Waals surface area (Å²) >= 11 is 0. The van der Waals surface area contributed by atoms with Crippen LogP contribution in [0.4, 0.5) is 5.82 Å². The summed E-state index contributed by atoms with van der Waals surface area (Å²) in [5.41, 5.74) is -1.12. The highest BCUT2D eigenvalue weighted by Gasteiger charge is 2.32. The predicted molar refractivity (Wildman–Crippen MR) is 94.6 cm³/mol. The van der Waals surface area contributed by atoms with E-state index in [0.29, 0.717) is 31.7 Å². The Bertz CT molecular complexity index is 654. The lowest BCUT2D eigenvalue weighted by Crippen LogP contribution is -2.47. The lowest BCUT2D eigenvalue weighted by atomic mass is 9.91. The van der Waals surface area contributed by atoms with Crippen LogP contribution in [0.3, 0.4) is 0 Å². The number of carbonyl (C=O) groups excluding carboxylic acids is 1. The molecule has 0 aromatic carbocycles. The summed E-state index contributed by atoms with van der Waals surface area (Å²) in [6.07, 6.45) is 4.29. The van der Waals surface area contributed by atoms with Crippen molar-refractivity contribution in [3.8, 4) is 0 Å². The summed E-state index contributed by atoms with van der Waals surface area (Å²) in [4.78, 5) is 31.6. The van der Waals surface area contributed by atoms with E-state index in [1.54, 1.807) is 11.0 Å². The summed E-state index contributed by atoms with van der Waals surface area (Å²) in [6, 6.07) is 1.84. The van der Waals surface area contributed by atoms with Crippen molar-refractivity contribution in [3.05, 3.63) is 22.7 Å². The van der Waals surface area contributed by atoms with E-state index in [2.05, 4.69) is 22.1 Å². The van der Waals surface area contributed by atoms with Gasteiger partial charge in [0.25, 0.3) is 5.56 Å². The number of carbonyl (C=O) groups is 1. The van der Waals surface area contributed by atoms with Gasteiger partial charge in [-0.2, -0.15) is 0 Å². The normalized spacial score (nSPS) is 24.0. The van der Waals surface area contributed by atoms with Gasteiger partial charge in [-0.1, -0.05) is 0 Å². The largest absolute Gasteiger partial charge is 0.388 e. The lowest BCUT2D eigenvalue weighted by molar-refractivity contribution is -0.122. The van der Waals surface area contributed by atoms with Crippen LogP contribution >= 0.6 is 0 Å². The van der Waals surface area contributed by atoms with E-state index in [4.69, 9.17) is 0 Å². The molecule has 3 heterocycles. The van der Waals surface area contributed by atoms with Crippen molar-refractivity contribution >= 4 is 12.2 Å². The average Bonchev–Trinajstić information content (AvgIpc) is 2.82. The highest BCUT2D eigenvalue weighted by atomic mass is 16.3. The number of amides is 1. The molecule has 2 aliphatic rings. The average molecular weight is 349 g/mol. The Kier molecular flexibility index (Phi) is 5.39. The van der Waals surface area contributed by atoms with Gasteiger partial charge in [0.05, 0.1) is 18.5 Å². The standard InChI is InChI=1S/C17H27N5O3/c1-14-10-18-5-2-6-22(14)15-9-16(24)21(12-19-15)11-17(25)3-7-20(13-23)8-4-17/h9,12-14,18,25H,2-8,10-11H2,1H3/t14-/m1/s1. The molecule has 8 heteroatoms. The quantitative estimate of drug-likeness (QED) is 0.707. The molecule has 0 bridgehead atoms. The van der Waals surface area contributed by atoms with Crippen LogP contribution in [0.25, 0.3) is 0 Å². The van der Waals surface area contributed by atoms with Gasteiger partial charge >= 0.3 is 0 Å². The van der Waals surface area contributed by atoms with Crippen LogP contribution in [0, 0.1) is 0 Å². The molecule has 3 rings (SSSR count). The number of hydrogen-bond donors (Lipinski definition) is 2. The number of rotatable bonds is 4. The molecule has 25 heavy (non-hydrogen) atoms. The second-order valence-electron chi connectivity index (χ2n) is 7.18. The van der Waals surface area contributed by atoms with E-state index < -0.39 is 5.60 Å². The number of aliphatic hydroxyl groups is 1. The van der Waals surface area contributed by atoms with Crippen molar-refractivity contribution < 1.29 is 9.90 Å². The van der Waals surface area contributed by atoms with Crippen LogP contribution in [0.2, 0.25) is 0 Å². The Morgan fingerprint density at radius 2 is 2.16 bits per heavy atom. The highest BCUT2D eigenvalue weighted by molar-refractivity contribution is 5.47. The fourth-order valence-electron chi connectivity index (χ4n) is 3.57. The molecular weight excluding hydrogens is 322 g/mol.